The van der Waals surface area contributed by atoms with Crippen LogP contribution in [0.15, 0.2) is 34.9 Å². The molecule has 8 amide bonds. The Bertz CT molecular complexity index is 3900. The van der Waals surface area contributed by atoms with Gasteiger partial charge in [0, 0.05) is 44.9 Å². The number of rotatable bonds is 46. The van der Waals surface area contributed by atoms with E-state index in [0.717, 1.165) is 0 Å². The van der Waals surface area contributed by atoms with E-state index in [4.69, 9.17) is 59.8 Å². The average Bonchev–Trinajstić information content (AvgIpc) is 0.802. The van der Waals surface area contributed by atoms with E-state index in [1.165, 1.54) is 33.1 Å². The number of hydrogen-bond acceptors (Lipinski definition) is 25. The van der Waals surface area contributed by atoms with E-state index in [1.807, 2.05) is 159 Å². The summed E-state index contributed by atoms with van der Waals surface area (Å²) in [5, 5.41) is 55.0. The van der Waals surface area contributed by atoms with Crippen molar-refractivity contribution in [3.63, 3.8) is 0 Å². The number of nitrogens with two attached hydrogens (primary N) is 2. The molecule has 0 saturated carbocycles. The van der Waals surface area contributed by atoms with Gasteiger partial charge in [0.2, 0.25) is 53.1 Å². The third-order valence-corrected chi connectivity index (χ3v) is 26.1. The number of halogens is 1. The van der Waals surface area contributed by atoms with Gasteiger partial charge < -0.3 is 108 Å². The lowest BCUT2D eigenvalue weighted by Gasteiger charge is -2.39. The maximum absolute atomic E-state index is 13.6. The Hall–Kier alpha value is -8.98. The summed E-state index contributed by atoms with van der Waals surface area (Å²) in [5.41, 5.74) is 5.06. The van der Waals surface area contributed by atoms with E-state index in [-0.39, 0.29) is 94.7 Å². The Balaban J connectivity index is -0.000000209. The molecule has 141 heavy (non-hydrogen) atoms. The van der Waals surface area contributed by atoms with Crippen LogP contribution in [0.2, 0.25) is 0 Å². The summed E-state index contributed by atoms with van der Waals surface area (Å²) in [6, 6.07) is -2.96. The molecular weight excluding hydrogens is 1840 g/mol. The standard InChI is InChI=1S/C24H45N3O4.C22H41N3O4.C17H32N2O3.C9H16BNO3.C8H14BNO3.C7H12BNO3.C7H15NO2.C6H13NO2.ClH/c1-12-24(13-2,25-10)22(30)26-19(23(7,8)9)20(28)27(11)18(16(4)5)15-17(6)21(29)31-14-3;1-11-22(12-2,23-9)20(29)24-17(21(6,7)8)18(26)25(10)16(14(3)4)13-15(5)19(27)28;1-9-22-16(21)12(4)10-13(11(2)3)19(8)15(20)14(18)17(5,6)7;1-5-9(6-2,7(12)14-4)11(3)8(10)13;1-4-8(5-2,6(11)13-3)10-7(9)12;1-3-7(4-2,5(10)11)9-6(8)12;1-4-7(5-2,8-3)6(9)10;1-3-6(7,4-2)5(8)9;/h15-16,18-19,25H,12-14H2,1-11H3,(H,26,30);13-14,16-17,23H,11-12H2,1-10H3,(H,24,29)(H,27,28);10-11,13-14H,9,18H2,1-8H3;5-6H2,1-4H3;4-5H2,1-3H3,(H,10,12);3-4H2,1-2H3,(H,9,12)(H,10,11);8H,4-5H2,1-3H3,(H,9,10);3-4,7H2,1-2H3,(H,8,9);1H/b17-15+;15-13+;12-10+;;;;;;/t18-,19-;16-,17-;13-,14-;;;;;;/m111....../s1. The average molecular weight is 2030 g/mol. The number of likely N-dealkylation sites (N-methyl/N-ethyl adjacent to an activating group) is 7. The Labute approximate surface area is 856 Å². The number of hydrogen-bond donors (Lipinski definition) is 13. The Morgan fingerprint density at radius 1 is 0.376 bits per heavy atom. The maximum atomic E-state index is 13.6. The van der Waals surface area contributed by atoms with Crippen LogP contribution in [0.25, 0.3) is 0 Å². The Morgan fingerprint density at radius 3 is 0.801 bits per heavy atom. The molecular formula is C100H189B3ClN13O24. The predicted octanol–water partition coefficient (Wildman–Crippen LogP) is 12.4. The largest absolute Gasteiger partial charge is 0.480 e. The highest BCUT2D eigenvalue weighted by molar-refractivity contribution is 6.58. The van der Waals surface area contributed by atoms with E-state index >= 15 is 0 Å². The summed E-state index contributed by atoms with van der Waals surface area (Å²) in [6.45, 7) is 64.0. The van der Waals surface area contributed by atoms with Gasteiger partial charge in [-0.15, -0.1) is 12.4 Å². The smallest absolute Gasteiger partial charge is 0.333 e. The summed E-state index contributed by atoms with van der Waals surface area (Å²) >= 11 is 0. The van der Waals surface area contributed by atoms with Gasteiger partial charge in [-0.25, -0.2) is 28.8 Å². The van der Waals surface area contributed by atoms with Crippen molar-refractivity contribution in [2.75, 3.05) is 76.8 Å². The van der Waals surface area contributed by atoms with Crippen LogP contribution in [0.4, 0.5) is 14.4 Å². The number of nitrogens with zero attached hydrogens (tertiary/aromatic N) is 4. The zero-order valence-corrected chi connectivity index (χ0v) is 95.1. The van der Waals surface area contributed by atoms with Crippen LogP contribution in [-0.2, 0) is 81.3 Å². The molecule has 0 aliphatic heterocycles. The molecule has 0 spiro atoms. The van der Waals surface area contributed by atoms with Crippen molar-refractivity contribution in [3.8, 4) is 0 Å². The molecule has 0 saturated heterocycles. The first-order valence-corrected chi connectivity index (χ1v) is 48.7. The minimum Gasteiger partial charge on any atom is -0.480 e. The number of carbonyl (C=O) groups is 16. The molecule has 0 fully saturated rings. The van der Waals surface area contributed by atoms with Crippen molar-refractivity contribution < 1.29 is 116 Å². The summed E-state index contributed by atoms with van der Waals surface area (Å²) in [6.07, 6.45) is 12.3. The van der Waals surface area contributed by atoms with Crippen LogP contribution >= 0.6 is 12.4 Å². The first kappa shape index (κ1) is 150. The number of amides is 8. The van der Waals surface area contributed by atoms with Crippen molar-refractivity contribution in [1.82, 2.24) is 56.8 Å². The van der Waals surface area contributed by atoms with Crippen molar-refractivity contribution in [2.24, 2.45) is 45.5 Å². The highest BCUT2D eigenvalue weighted by Crippen LogP contribution is 2.31. The van der Waals surface area contributed by atoms with Crippen LogP contribution in [0, 0.1) is 34.0 Å². The van der Waals surface area contributed by atoms with E-state index in [9.17, 15) is 81.8 Å². The summed E-state index contributed by atoms with van der Waals surface area (Å²) < 4.78 is 19.3. The number of aliphatic carboxylic acids is 4. The Morgan fingerprint density at radius 2 is 0.638 bits per heavy atom. The zero-order chi connectivity index (χ0) is 113. The lowest BCUT2D eigenvalue weighted by Crippen LogP contribution is -2.62. The van der Waals surface area contributed by atoms with Gasteiger partial charge in [-0.05, 0) is 180 Å². The number of carbonyl (C=O) groups excluding carboxylic acids is 12. The van der Waals surface area contributed by atoms with Crippen LogP contribution in [0.1, 0.15) is 325 Å². The van der Waals surface area contributed by atoms with Crippen molar-refractivity contribution in [3.05, 3.63) is 34.9 Å². The molecule has 0 unspecified atom stereocenters. The first-order valence-electron chi connectivity index (χ1n) is 48.7. The second-order valence-corrected chi connectivity index (χ2v) is 38.8. The number of ether oxygens (including phenoxy) is 4. The van der Waals surface area contributed by atoms with Gasteiger partial charge in [0.05, 0.1) is 62.7 Å². The molecule has 814 valence electrons. The molecule has 6 radical (unpaired) electrons. The molecule has 6 atom stereocenters. The number of carboxylic acids is 4. The summed E-state index contributed by atoms with van der Waals surface area (Å²) in [7, 11) is 29.4. The monoisotopic (exact) mass is 2020 g/mol. The topological polar surface area (TPSA) is 540 Å². The van der Waals surface area contributed by atoms with Crippen LogP contribution in [0.5, 0.6) is 0 Å². The van der Waals surface area contributed by atoms with Crippen molar-refractivity contribution >= 4 is 131 Å². The van der Waals surface area contributed by atoms with Crippen molar-refractivity contribution in [1.29, 1.82) is 0 Å². The van der Waals surface area contributed by atoms with Gasteiger partial charge >= 0.3 is 47.8 Å². The molecule has 0 aromatic heterocycles. The minimum atomic E-state index is -1.20. The maximum Gasteiger partial charge on any atom is 0.333 e. The molecule has 0 heterocycles. The second-order valence-electron chi connectivity index (χ2n) is 38.8. The van der Waals surface area contributed by atoms with Crippen LogP contribution in [-0.4, -0.2) is 310 Å². The van der Waals surface area contributed by atoms with Crippen molar-refractivity contribution in [2.45, 2.75) is 400 Å². The highest BCUT2D eigenvalue weighted by atomic mass is 35.5. The fourth-order valence-electron chi connectivity index (χ4n) is 14.4. The summed E-state index contributed by atoms with van der Waals surface area (Å²) in [5.74, 6) is -8.21. The fraction of sp³-hybridized carbons (Fsp3) is 0.780. The molecule has 0 aliphatic rings. The van der Waals surface area contributed by atoms with E-state index in [2.05, 4.69) is 46.7 Å². The van der Waals surface area contributed by atoms with Crippen LogP contribution < -0.4 is 48.7 Å². The van der Waals surface area contributed by atoms with Gasteiger partial charge in [0.25, 0.3) is 0 Å². The van der Waals surface area contributed by atoms with Gasteiger partial charge in [-0.2, -0.15) is 0 Å². The lowest BCUT2D eigenvalue weighted by atomic mass is 9.83. The fourth-order valence-corrected chi connectivity index (χ4v) is 14.4. The normalized spacial score (nSPS) is 13.3. The molecule has 0 aromatic carbocycles. The second kappa shape index (κ2) is 70.7. The molecule has 0 rings (SSSR count). The van der Waals surface area contributed by atoms with E-state index < -0.39 is 127 Å². The first-order chi connectivity index (χ1) is 64.0. The van der Waals surface area contributed by atoms with Crippen LogP contribution in [0.3, 0.4) is 0 Å². The van der Waals surface area contributed by atoms with E-state index in [1.54, 1.807) is 144 Å². The molecule has 37 nitrogen and oxygen atoms in total. The number of esters is 4. The molecule has 0 aromatic rings. The Kier molecular flexibility index (Phi) is 75.1. The highest BCUT2D eigenvalue weighted by Gasteiger charge is 2.46. The van der Waals surface area contributed by atoms with Gasteiger partial charge in [-0.1, -0.05) is 219 Å². The van der Waals surface area contributed by atoms with Gasteiger partial charge in [0.1, 0.15) is 39.8 Å². The molecule has 41 heteroatoms. The number of methoxy groups -OCH3 is 2. The van der Waals surface area contributed by atoms with Gasteiger partial charge in [-0.3, -0.25) is 47.9 Å². The third-order valence-electron chi connectivity index (χ3n) is 26.1. The predicted molar refractivity (Wildman–Crippen MR) is 563 cm³/mol. The minimum absolute atomic E-state index is 0. The third kappa shape index (κ3) is 48.5. The number of nitrogens with one attached hydrogen (secondary N) is 7. The number of carboxylic acid groups (broad SMARTS) is 4. The molecule has 0 bridgehead atoms. The van der Waals surface area contributed by atoms with E-state index in [0.29, 0.717) is 114 Å². The zero-order valence-electron chi connectivity index (χ0n) is 94.3. The lowest BCUT2D eigenvalue weighted by molar-refractivity contribution is -0.153. The quantitative estimate of drug-likeness (QED) is 0.0116. The molecule has 0 aliphatic carbocycles. The SMILES string of the molecule is CCC(CC)(NC)C(=O)N[C@H](C(=O)N(C)[C@H](/C=C(\C)C(=O)O)C(C)C)C(C)(C)C.CCC(CC)(NC)C(=O)O.CCC(N)(CC)C(=O)O.CCOC(=O)/C(C)=C/[C@H](C(C)C)N(C)C(=O)[C@@H](N)C(C)(C)C.CCOC(=O)/C(C)=C/[C@H](C(C)C)N(C)C(=O)[C@@H](NC(=O)C(CC)(CC)NC)C(C)(C)C.Cl.[B]C(=O)N(C)C(CC)(CC)C(=O)OC.[B]C(=O)NC(CC)(CC)C(=O)O.[B]C(=O)NC(CC)(CC)C(=O)OC. The summed E-state index contributed by atoms with van der Waals surface area (Å²) in [4.78, 5) is 194. The molecule has 15 N–H and O–H groups in total. The van der Waals surface area contributed by atoms with Gasteiger partial charge in [0.15, 0.2) is 17.4 Å².